The topological polar surface area (TPSA) is 74.7 Å². The van der Waals surface area contributed by atoms with Crippen molar-refractivity contribution in [3.63, 3.8) is 0 Å². The number of aromatic nitrogens is 1. The van der Waals surface area contributed by atoms with E-state index in [-0.39, 0.29) is 5.84 Å². The number of rotatable bonds is 4. The minimum atomic E-state index is -0.00859. The van der Waals surface area contributed by atoms with Crippen LogP contribution in [0.15, 0.2) is 34.2 Å². The van der Waals surface area contributed by atoms with Crippen molar-refractivity contribution in [3.05, 3.63) is 45.4 Å². The first-order valence-corrected chi connectivity index (χ1v) is 6.80. The summed E-state index contributed by atoms with van der Waals surface area (Å²) < 4.78 is 0. The molecular weight excluding hydrogens is 284 g/mol. The number of anilines is 1. The van der Waals surface area contributed by atoms with Gasteiger partial charge < -0.3 is 15.8 Å². The van der Waals surface area contributed by atoms with Gasteiger partial charge in [-0.15, -0.1) is 11.3 Å². The van der Waals surface area contributed by atoms with Crippen molar-refractivity contribution in [1.29, 1.82) is 0 Å². The fourth-order valence-electron chi connectivity index (χ4n) is 1.78. The molecule has 0 aliphatic rings. The number of nitrogens with two attached hydrogens (primary N) is 1. The molecule has 5 nitrogen and oxygen atoms in total. The summed E-state index contributed by atoms with van der Waals surface area (Å²) in [6.07, 6.45) is 0. The molecule has 0 spiro atoms. The maximum absolute atomic E-state index is 8.85. The van der Waals surface area contributed by atoms with Crippen LogP contribution in [0.3, 0.4) is 0 Å². The van der Waals surface area contributed by atoms with Gasteiger partial charge in [0.25, 0.3) is 0 Å². The highest BCUT2D eigenvalue weighted by molar-refractivity contribution is 7.07. The van der Waals surface area contributed by atoms with Crippen LogP contribution in [0.1, 0.15) is 11.3 Å². The molecule has 0 atom stereocenters. The molecule has 0 unspecified atom stereocenters. The summed E-state index contributed by atoms with van der Waals surface area (Å²) in [7, 11) is 1.90. The molecule has 1 aromatic heterocycles. The second-order valence-corrected chi connectivity index (χ2v) is 5.08. The average molecular weight is 297 g/mol. The fraction of sp³-hybridized carbons (Fsp3) is 0.167. The third-order valence-corrected chi connectivity index (χ3v) is 3.60. The van der Waals surface area contributed by atoms with Gasteiger partial charge in [0, 0.05) is 18.1 Å². The lowest BCUT2D eigenvalue weighted by Crippen LogP contribution is -2.23. The molecule has 0 saturated heterocycles. The van der Waals surface area contributed by atoms with Gasteiger partial charge in [-0.3, -0.25) is 0 Å². The molecule has 7 heteroatoms. The smallest absolute Gasteiger partial charge is 0.173 e. The number of hydrogen-bond donors (Lipinski definition) is 2. The van der Waals surface area contributed by atoms with Gasteiger partial charge in [-0.05, 0) is 12.1 Å². The van der Waals surface area contributed by atoms with Crippen molar-refractivity contribution in [1.82, 2.24) is 4.98 Å². The second-order valence-electron chi connectivity index (χ2n) is 3.96. The summed E-state index contributed by atoms with van der Waals surface area (Å²) in [5.41, 5.74) is 9.73. The van der Waals surface area contributed by atoms with Crippen LogP contribution in [0.25, 0.3) is 0 Å². The predicted molar refractivity (Wildman–Crippen MR) is 78.2 cm³/mol. The van der Waals surface area contributed by atoms with Crippen molar-refractivity contribution in [2.75, 3.05) is 11.9 Å². The van der Waals surface area contributed by atoms with E-state index in [0.29, 0.717) is 17.1 Å². The lowest BCUT2D eigenvalue weighted by atomic mass is 10.1. The van der Waals surface area contributed by atoms with Crippen LogP contribution in [0, 0.1) is 0 Å². The molecule has 19 heavy (non-hydrogen) atoms. The van der Waals surface area contributed by atoms with Crippen LogP contribution in [0.5, 0.6) is 0 Å². The number of nitrogens with zero attached hydrogens (tertiary/aromatic N) is 3. The van der Waals surface area contributed by atoms with Crippen molar-refractivity contribution in [3.8, 4) is 0 Å². The number of amidine groups is 1. The normalized spacial score (nSPS) is 11.6. The van der Waals surface area contributed by atoms with E-state index in [1.165, 1.54) is 0 Å². The Bertz CT molecular complexity index is 585. The fourth-order valence-corrected chi connectivity index (χ4v) is 2.59. The van der Waals surface area contributed by atoms with Crippen LogP contribution in [-0.2, 0) is 6.54 Å². The minimum absolute atomic E-state index is 0.00859. The summed E-state index contributed by atoms with van der Waals surface area (Å²) in [6, 6.07) is 5.39. The zero-order valence-electron chi connectivity index (χ0n) is 10.2. The first kappa shape index (κ1) is 13.6. The lowest BCUT2D eigenvalue weighted by Gasteiger charge is -2.21. The standard InChI is InChI=1S/C12H13ClN4OS/c1-17(5-8-6-19-7-15-8)10-4-2-3-9(13)11(10)12(14)16-18/h2-4,6-7,18H,5H2,1H3,(H2,14,16). The SMILES string of the molecule is CN(Cc1cscn1)c1cccc(Cl)c1C(N)=NO. The Morgan fingerprint density at radius 1 is 1.58 bits per heavy atom. The van der Waals surface area contributed by atoms with Gasteiger partial charge in [0.15, 0.2) is 5.84 Å². The van der Waals surface area contributed by atoms with E-state index in [0.717, 1.165) is 11.4 Å². The minimum Gasteiger partial charge on any atom is -0.409 e. The summed E-state index contributed by atoms with van der Waals surface area (Å²) in [5, 5.41) is 14.3. The Morgan fingerprint density at radius 2 is 2.37 bits per heavy atom. The van der Waals surface area contributed by atoms with Gasteiger partial charge in [0.1, 0.15) is 0 Å². The number of thiazole rings is 1. The molecule has 0 saturated carbocycles. The maximum Gasteiger partial charge on any atom is 0.173 e. The average Bonchev–Trinajstić information content (AvgIpc) is 2.90. The first-order chi connectivity index (χ1) is 9.13. The number of oxime groups is 1. The zero-order chi connectivity index (χ0) is 13.8. The van der Waals surface area contributed by atoms with Gasteiger partial charge in [0.2, 0.25) is 0 Å². The molecule has 0 aliphatic heterocycles. The number of hydrogen-bond acceptors (Lipinski definition) is 5. The quantitative estimate of drug-likeness (QED) is 0.393. The van der Waals surface area contributed by atoms with E-state index in [1.54, 1.807) is 22.9 Å². The van der Waals surface area contributed by atoms with Crippen molar-refractivity contribution >= 4 is 34.5 Å². The van der Waals surface area contributed by atoms with Gasteiger partial charge in [-0.2, -0.15) is 0 Å². The van der Waals surface area contributed by atoms with Gasteiger partial charge in [0.05, 0.1) is 28.3 Å². The largest absolute Gasteiger partial charge is 0.409 e. The van der Waals surface area contributed by atoms with Crippen molar-refractivity contribution < 1.29 is 5.21 Å². The van der Waals surface area contributed by atoms with Gasteiger partial charge >= 0.3 is 0 Å². The summed E-state index contributed by atoms with van der Waals surface area (Å²) in [5.74, 6) is -0.00859. The molecule has 0 aliphatic carbocycles. The van der Waals surface area contributed by atoms with E-state index >= 15 is 0 Å². The van der Waals surface area contributed by atoms with Crippen LogP contribution in [0.4, 0.5) is 5.69 Å². The molecule has 1 aromatic carbocycles. The molecule has 0 fully saturated rings. The first-order valence-electron chi connectivity index (χ1n) is 5.48. The highest BCUT2D eigenvalue weighted by atomic mass is 35.5. The van der Waals surface area contributed by atoms with Crippen molar-refractivity contribution in [2.24, 2.45) is 10.9 Å². The number of benzene rings is 1. The van der Waals surface area contributed by atoms with Gasteiger partial charge in [-0.25, -0.2) is 4.98 Å². The van der Waals surface area contributed by atoms with Crippen LogP contribution >= 0.6 is 22.9 Å². The van der Waals surface area contributed by atoms with E-state index in [9.17, 15) is 0 Å². The predicted octanol–water partition coefficient (Wildman–Crippen LogP) is 2.53. The molecule has 100 valence electrons. The van der Waals surface area contributed by atoms with Crippen LogP contribution in [0.2, 0.25) is 5.02 Å². The van der Waals surface area contributed by atoms with Crippen LogP contribution < -0.4 is 10.6 Å². The summed E-state index contributed by atoms with van der Waals surface area (Å²) in [4.78, 5) is 6.18. The maximum atomic E-state index is 8.85. The Morgan fingerprint density at radius 3 is 3.00 bits per heavy atom. The van der Waals surface area contributed by atoms with E-state index < -0.39 is 0 Å². The molecule has 2 rings (SSSR count). The van der Waals surface area contributed by atoms with E-state index in [1.807, 2.05) is 29.5 Å². The molecule has 0 amide bonds. The third kappa shape index (κ3) is 2.97. The monoisotopic (exact) mass is 296 g/mol. The van der Waals surface area contributed by atoms with Crippen molar-refractivity contribution in [2.45, 2.75) is 6.54 Å². The van der Waals surface area contributed by atoms with Crippen LogP contribution in [-0.4, -0.2) is 23.1 Å². The van der Waals surface area contributed by atoms with E-state index in [2.05, 4.69) is 10.1 Å². The third-order valence-electron chi connectivity index (χ3n) is 2.65. The van der Waals surface area contributed by atoms with E-state index in [4.69, 9.17) is 22.5 Å². The highest BCUT2D eigenvalue weighted by Gasteiger charge is 2.15. The molecule has 3 N–H and O–H groups in total. The summed E-state index contributed by atoms with van der Waals surface area (Å²) >= 11 is 7.66. The molecular formula is C12H13ClN4OS. The molecule has 1 heterocycles. The molecule has 0 radical (unpaired) electrons. The Balaban J connectivity index is 2.36. The lowest BCUT2D eigenvalue weighted by molar-refractivity contribution is 0.318. The molecule has 0 bridgehead atoms. The highest BCUT2D eigenvalue weighted by Crippen LogP contribution is 2.27. The number of halogens is 1. The Kier molecular flexibility index (Phi) is 4.24. The second kappa shape index (κ2) is 5.90. The summed E-state index contributed by atoms with van der Waals surface area (Å²) in [6.45, 7) is 0.621. The Labute approximate surface area is 119 Å². The Hall–Kier alpha value is -1.79. The van der Waals surface area contributed by atoms with Gasteiger partial charge in [-0.1, -0.05) is 22.8 Å². The zero-order valence-corrected chi connectivity index (χ0v) is 11.8. The molecule has 2 aromatic rings.